The molecule has 3 heteroatoms. The van der Waals surface area contributed by atoms with Crippen LogP contribution in [0.4, 0.5) is 4.39 Å². The van der Waals surface area contributed by atoms with E-state index in [1.54, 1.807) is 0 Å². The van der Waals surface area contributed by atoms with Crippen LogP contribution in [0.5, 0.6) is 0 Å². The van der Waals surface area contributed by atoms with Crippen molar-refractivity contribution in [2.45, 2.75) is 12.6 Å². The number of rotatable bonds is 0. The van der Waals surface area contributed by atoms with Crippen molar-refractivity contribution in [2.24, 2.45) is 0 Å². The first-order chi connectivity index (χ1) is 7.75. The van der Waals surface area contributed by atoms with E-state index >= 15 is 0 Å². The fraction of sp³-hybridized carbons (Fsp3) is 0.308. The monoisotopic (exact) mass is 217 g/mol. The number of likely N-dealkylation sites (tertiary alicyclic amines) is 1. The Hall–Kier alpha value is -1.82. The quantitative estimate of drug-likeness (QED) is 0.604. The number of halogens is 1. The van der Waals surface area contributed by atoms with Gasteiger partial charge in [0.2, 0.25) is 0 Å². The minimum absolute atomic E-state index is 0.183. The lowest BCUT2D eigenvalue weighted by Gasteiger charge is -2.09. The van der Waals surface area contributed by atoms with Gasteiger partial charge in [0.05, 0.1) is 6.54 Å². The Morgan fingerprint density at radius 1 is 1.38 bits per heavy atom. The number of amides is 1. The van der Waals surface area contributed by atoms with Crippen LogP contribution >= 0.6 is 0 Å². The van der Waals surface area contributed by atoms with Gasteiger partial charge in [-0.05, 0) is 18.6 Å². The Morgan fingerprint density at radius 3 is 2.75 bits per heavy atom. The van der Waals surface area contributed by atoms with Crippen molar-refractivity contribution < 1.29 is 9.18 Å². The highest BCUT2D eigenvalue weighted by atomic mass is 19.1. The van der Waals surface area contributed by atoms with Gasteiger partial charge in [0.1, 0.15) is 6.17 Å². The van der Waals surface area contributed by atoms with E-state index in [0.717, 1.165) is 5.56 Å². The van der Waals surface area contributed by atoms with Crippen molar-refractivity contribution in [1.29, 1.82) is 0 Å². The molecule has 1 aliphatic rings. The van der Waals surface area contributed by atoms with E-state index in [9.17, 15) is 9.18 Å². The molecule has 2 rings (SSSR count). The lowest BCUT2D eigenvalue weighted by molar-refractivity contribution is -0.124. The first-order valence-electron chi connectivity index (χ1n) is 5.26. The van der Waals surface area contributed by atoms with Crippen molar-refractivity contribution in [1.82, 2.24) is 4.90 Å². The van der Waals surface area contributed by atoms with Gasteiger partial charge in [-0.15, -0.1) is 0 Å². The number of nitrogens with zero attached hydrogens (tertiary/aromatic N) is 1. The zero-order valence-corrected chi connectivity index (χ0v) is 8.82. The summed E-state index contributed by atoms with van der Waals surface area (Å²) in [5, 5.41) is 0. The van der Waals surface area contributed by atoms with Crippen LogP contribution in [-0.4, -0.2) is 30.1 Å². The summed E-state index contributed by atoms with van der Waals surface area (Å²) >= 11 is 0. The summed E-state index contributed by atoms with van der Waals surface area (Å²) in [6, 6.07) is 9.29. The lowest BCUT2D eigenvalue weighted by atomic mass is 10.2. The van der Waals surface area contributed by atoms with E-state index in [4.69, 9.17) is 0 Å². The predicted molar refractivity (Wildman–Crippen MR) is 59.4 cm³/mol. The van der Waals surface area contributed by atoms with Gasteiger partial charge < -0.3 is 4.90 Å². The highest BCUT2D eigenvalue weighted by Gasteiger charge is 2.24. The third kappa shape index (κ3) is 2.60. The molecule has 1 heterocycles. The third-order valence-electron chi connectivity index (χ3n) is 2.51. The van der Waals surface area contributed by atoms with E-state index in [1.807, 2.05) is 30.3 Å². The molecule has 0 spiro atoms. The second kappa shape index (κ2) is 4.80. The molecule has 0 N–H and O–H groups in total. The van der Waals surface area contributed by atoms with Crippen LogP contribution in [0.15, 0.2) is 30.3 Å². The molecule has 1 saturated heterocycles. The van der Waals surface area contributed by atoms with E-state index < -0.39 is 6.17 Å². The number of hydrogen-bond acceptors (Lipinski definition) is 1. The first-order valence-corrected chi connectivity index (χ1v) is 5.26. The number of alkyl halides is 1. The van der Waals surface area contributed by atoms with Crippen LogP contribution in [0.25, 0.3) is 0 Å². The fourth-order valence-corrected chi connectivity index (χ4v) is 1.63. The summed E-state index contributed by atoms with van der Waals surface area (Å²) in [6.45, 7) is 0.659. The van der Waals surface area contributed by atoms with Crippen LogP contribution in [-0.2, 0) is 4.79 Å². The minimum atomic E-state index is -0.887. The average Bonchev–Trinajstić information content (AvgIpc) is 2.74. The molecule has 0 aromatic heterocycles. The van der Waals surface area contributed by atoms with Gasteiger partial charge in [-0.1, -0.05) is 24.1 Å². The van der Waals surface area contributed by atoms with Gasteiger partial charge in [0.25, 0.3) is 5.91 Å². The summed E-state index contributed by atoms with van der Waals surface area (Å²) in [4.78, 5) is 13.0. The molecule has 82 valence electrons. The SMILES string of the molecule is O=C(C#Cc1ccccc1)N1CC[C@@H](F)C1. The standard InChI is InChI=1S/C13H12FNO/c14-12-8-9-15(10-12)13(16)7-6-11-4-2-1-3-5-11/h1-5,12H,8-10H2/t12-/m1/s1. The van der Waals surface area contributed by atoms with E-state index in [2.05, 4.69) is 11.8 Å². The molecule has 0 radical (unpaired) electrons. The summed E-state index contributed by atoms with van der Waals surface area (Å²) in [6.07, 6.45) is -0.457. The molecule has 1 aliphatic heterocycles. The molecule has 1 aromatic carbocycles. The zero-order valence-electron chi connectivity index (χ0n) is 8.82. The van der Waals surface area contributed by atoms with Crippen molar-refractivity contribution in [3.63, 3.8) is 0 Å². The maximum Gasteiger partial charge on any atom is 0.298 e. The Labute approximate surface area is 94.1 Å². The molecular weight excluding hydrogens is 205 g/mol. The van der Waals surface area contributed by atoms with E-state index in [-0.39, 0.29) is 12.5 Å². The van der Waals surface area contributed by atoms with Crippen LogP contribution < -0.4 is 0 Å². The largest absolute Gasteiger partial charge is 0.329 e. The number of benzene rings is 1. The Kier molecular flexibility index (Phi) is 3.21. The van der Waals surface area contributed by atoms with Gasteiger partial charge in [-0.2, -0.15) is 0 Å². The summed E-state index contributed by atoms with van der Waals surface area (Å²) in [5.41, 5.74) is 0.798. The molecule has 0 unspecified atom stereocenters. The molecule has 0 bridgehead atoms. The van der Waals surface area contributed by atoms with Crippen LogP contribution in [0, 0.1) is 11.8 Å². The number of carbonyl (C=O) groups is 1. The van der Waals surface area contributed by atoms with Crippen molar-refractivity contribution >= 4 is 5.91 Å². The lowest BCUT2D eigenvalue weighted by Crippen LogP contribution is -2.27. The maximum absolute atomic E-state index is 12.9. The Morgan fingerprint density at radius 2 is 2.12 bits per heavy atom. The molecule has 1 fully saturated rings. The van der Waals surface area contributed by atoms with Crippen LogP contribution in [0.1, 0.15) is 12.0 Å². The normalized spacial score (nSPS) is 19.1. The zero-order chi connectivity index (χ0) is 11.4. The first kappa shape index (κ1) is 10.7. The minimum Gasteiger partial charge on any atom is -0.329 e. The topological polar surface area (TPSA) is 20.3 Å². The van der Waals surface area contributed by atoms with Gasteiger partial charge in [0, 0.05) is 18.0 Å². The van der Waals surface area contributed by atoms with Gasteiger partial charge in [-0.25, -0.2) is 4.39 Å². The molecular formula is C13H12FNO. The number of hydrogen-bond donors (Lipinski definition) is 0. The van der Waals surface area contributed by atoms with E-state index in [1.165, 1.54) is 4.90 Å². The van der Waals surface area contributed by atoms with Gasteiger partial charge in [-0.3, -0.25) is 4.79 Å². The Bertz CT molecular complexity index is 432. The molecule has 1 amide bonds. The smallest absolute Gasteiger partial charge is 0.298 e. The molecule has 16 heavy (non-hydrogen) atoms. The molecule has 2 nitrogen and oxygen atoms in total. The average molecular weight is 217 g/mol. The Balaban J connectivity index is 2.00. The summed E-state index contributed by atoms with van der Waals surface area (Å²) < 4.78 is 12.9. The highest BCUT2D eigenvalue weighted by Crippen LogP contribution is 2.11. The molecule has 0 saturated carbocycles. The summed E-state index contributed by atoms with van der Waals surface area (Å²) in [5.74, 6) is 5.02. The van der Waals surface area contributed by atoms with Crippen molar-refractivity contribution in [3.8, 4) is 11.8 Å². The molecule has 1 atom stereocenters. The summed E-state index contributed by atoms with van der Waals surface area (Å²) in [7, 11) is 0. The van der Waals surface area contributed by atoms with E-state index in [0.29, 0.717) is 13.0 Å². The highest BCUT2D eigenvalue weighted by molar-refractivity contribution is 5.94. The van der Waals surface area contributed by atoms with Crippen LogP contribution in [0.2, 0.25) is 0 Å². The number of carbonyl (C=O) groups excluding carboxylic acids is 1. The maximum atomic E-state index is 12.9. The third-order valence-corrected chi connectivity index (χ3v) is 2.51. The second-order valence-electron chi connectivity index (χ2n) is 3.75. The van der Waals surface area contributed by atoms with Gasteiger partial charge in [0.15, 0.2) is 0 Å². The molecule has 0 aliphatic carbocycles. The molecule has 1 aromatic rings. The fourth-order valence-electron chi connectivity index (χ4n) is 1.63. The van der Waals surface area contributed by atoms with Gasteiger partial charge >= 0.3 is 0 Å². The predicted octanol–water partition coefficient (Wildman–Crippen LogP) is 1.61. The van der Waals surface area contributed by atoms with Crippen molar-refractivity contribution in [3.05, 3.63) is 35.9 Å². The van der Waals surface area contributed by atoms with Crippen LogP contribution in [0.3, 0.4) is 0 Å². The second-order valence-corrected chi connectivity index (χ2v) is 3.75. The van der Waals surface area contributed by atoms with Crippen molar-refractivity contribution in [2.75, 3.05) is 13.1 Å².